The van der Waals surface area contributed by atoms with Crippen molar-refractivity contribution in [3.63, 3.8) is 0 Å². The molecular formula is C14H14ClNO2. The van der Waals surface area contributed by atoms with Crippen LogP contribution in [0.4, 0.5) is 0 Å². The van der Waals surface area contributed by atoms with Gasteiger partial charge in [-0.25, -0.2) is 0 Å². The highest BCUT2D eigenvalue weighted by Gasteiger charge is 2.03. The van der Waals surface area contributed by atoms with E-state index in [0.29, 0.717) is 18.9 Å². The Hall–Kier alpha value is -1.61. The number of hydrogen-bond acceptors (Lipinski definition) is 3. The van der Waals surface area contributed by atoms with E-state index in [4.69, 9.17) is 16.3 Å². The first-order valence-corrected chi connectivity index (χ1v) is 6.38. The fourth-order valence-corrected chi connectivity index (χ4v) is 1.89. The molecule has 4 heteroatoms. The summed E-state index contributed by atoms with van der Waals surface area (Å²) in [5.74, 6) is 1.37. The van der Waals surface area contributed by atoms with Crippen molar-refractivity contribution in [3.8, 4) is 5.75 Å². The maximum absolute atomic E-state index is 10.6. The van der Waals surface area contributed by atoms with E-state index in [2.05, 4.69) is 4.98 Å². The van der Waals surface area contributed by atoms with Crippen LogP contribution >= 0.6 is 11.6 Å². The minimum Gasteiger partial charge on any atom is -0.494 e. The largest absolute Gasteiger partial charge is 0.494 e. The highest BCUT2D eigenvalue weighted by molar-refractivity contribution is 6.17. The van der Waals surface area contributed by atoms with Crippen molar-refractivity contribution in [2.24, 2.45) is 0 Å². The number of pyridine rings is 1. The predicted molar refractivity (Wildman–Crippen MR) is 72.3 cm³/mol. The van der Waals surface area contributed by atoms with Crippen LogP contribution in [0, 0.1) is 0 Å². The zero-order valence-corrected chi connectivity index (χ0v) is 10.7. The van der Waals surface area contributed by atoms with Crippen LogP contribution in [0.5, 0.6) is 5.75 Å². The molecule has 0 aliphatic rings. The van der Waals surface area contributed by atoms with E-state index in [1.54, 1.807) is 6.20 Å². The molecule has 0 fully saturated rings. The van der Waals surface area contributed by atoms with Crippen LogP contribution in [0.1, 0.15) is 12.0 Å². The zero-order chi connectivity index (χ0) is 12.8. The Balaban J connectivity index is 2.29. The van der Waals surface area contributed by atoms with Crippen molar-refractivity contribution in [2.45, 2.75) is 12.8 Å². The fraction of sp³-hybridized carbons (Fsp3) is 0.286. The van der Waals surface area contributed by atoms with Gasteiger partial charge in [0.25, 0.3) is 0 Å². The first kappa shape index (κ1) is 12.8. The molecule has 1 aromatic carbocycles. The lowest BCUT2D eigenvalue weighted by atomic mass is 10.1. The maximum atomic E-state index is 10.6. The predicted octanol–water partition coefficient (Wildman–Crippen LogP) is 2.98. The average molecular weight is 264 g/mol. The molecule has 94 valence electrons. The normalized spacial score (nSPS) is 10.5. The number of carbonyl (C=O) groups excluding carboxylic acids is 1. The lowest BCUT2D eigenvalue weighted by Crippen LogP contribution is -1.98. The summed E-state index contributed by atoms with van der Waals surface area (Å²) in [5.41, 5.74) is 1.84. The molecule has 0 aliphatic carbocycles. The summed E-state index contributed by atoms with van der Waals surface area (Å²) in [6.45, 7) is 0.596. The van der Waals surface area contributed by atoms with Gasteiger partial charge in [0.15, 0.2) is 0 Å². The molecule has 0 N–H and O–H groups in total. The second-order valence-electron chi connectivity index (χ2n) is 3.91. The lowest BCUT2D eigenvalue weighted by Gasteiger charge is -2.08. The quantitative estimate of drug-likeness (QED) is 0.457. The van der Waals surface area contributed by atoms with Gasteiger partial charge < -0.3 is 9.53 Å². The first-order valence-electron chi connectivity index (χ1n) is 5.85. The lowest BCUT2D eigenvalue weighted by molar-refractivity contribution is -0.107. The Bertz CT molecular complexity index is 542. The summed E-state index contributed by atoms with van der Waals surface area (Å²) in [6.07, 6.45) is 3.82. The number of carbonyl (C=O) groups is 1. The molecule has 0 radical (unpaired) electrons. The molecule has 2 aromatic rings. The number of aromatic nitrogens is 1. The van der Waals surface area contributed by atoms with E-state index in [9.17, 15) is 4.79 Å². The van der Waals surface area contributed by atoms with Gasteiger partial charge in [-0.05, 0) is 36.2 Å². The second-order valence-corrected chi connectivity index (χ2v) is 4.29. The van der Waals surface area contributed by atoms with Crippen molar-refractivity contribution in [1.82, 2.24) is 4.98 Å². The van der Waals surface area contributed by atoms with Gasteiger partial charge in [-0.2, -0.15) is 0 Å². The number of nitrogens with zero attached hydrogens (tertiary/aromatic N) is 1. The van der Waals surface area contributed by atoms with Crippen LogP contribution in [0.3, 0.4) is 0 Å². The van der Waals surface area contributed by atoms with Gasteiger partial charge >= 0.3 is 0 Å². The summed E-state index contributed by atoms with van der Waals surface area (Å²) in [6, 6.07) is 7.57. The third-order valence-electron chi connectivity index (χ3n) is 2.65. The van der Waals surface area contributed by atoms with Crippen LogP contribution in [-0.2, 0) is 11.2 Å². The van der Waals surface area contributed by atoms with Gasteiger partial charge in [0, 0.05) is 23.9 Å². The molecule has 0 saturated heterocycles. The molecule has 0 saturated carbocycles. The maximum Gasteiger partial charge on any atom is 0.124 e. The van der Waals surface area contributed by atoms with Gasteiger partial charge in [0.2, 0.25) is 0 Å². The molecule has 1 heterocycles. The molecule has 0 spiro atoms. The zero-order valence-electron chi connectivity index (χ0n) is 9.93. The van der Waals surface area contributed by atoms with E-state index in [1.807, 2.05) is 24.3 Å². The third kappa shape index (κ3) is 2.99. The van der Waals surface area contributed by atoms with E-state index in [-0.39, 0.29) is 0 Å². The number of fused-ring (bicyclic) bond motifs is 1. The smallest absolute Gasteiger partial charge is 0.124 e. The first-order chi connectivity index (χ1) is 8.85. The molecule has 0 atom stereocenters. The van der Waals surface area contributed by atoms with Crippen molar-refractivity contribution >= 4 is 28.8 Å². The van der Waals surface area contributed by atoms with Crippen LogP contribution in [0.2, 0.25) is 0 Å². The Morgan fingerprint density at radius 1 is 1.33 bits per heavy atom. The topological polar surface area (TPSA) is 39.2 Å². The molecule has 0 unspecified atom stereocenters. The Kier molecular flexibility index (Phi) is 4.53. The van der Waals surface area contributed by atoms with Gasteiger partial charge in [-0.3, -0.25) is 4.98 Å². The highest BCUT2D eigenvalue weighted by atomic mass is 35.5. The number of hydrogen-bond donors (Lipinski definition) is 0. The van der Waals surface area contributed by atoms with Crippen molar-refractivity contribution in [2.75, 3.05) is 12.5 Å². The van der Waals surface area contributed by atoms with E-state index in [0.717, 1.165) is 34.9 Å². The Labute approximate surface area is 111 Å². The van der Waals surface area contributed by atoms with Crippen molar-refractivity contribution < 1.29 is 9.53 Å². The fourth-order valence-electron chi connectivity index (χ4n) is 1.78. The van der Waals surface area contributed by atoms with Crippen LogP contribution in [0.15, 0.2) is 30.5 Å². The minimum atomic E-state index is 0.393. The van der Waals surface area contributed by atoms with Crippen molar-refractivity contribution in [3.05, 3.63) is 36.0 Å². The summed E-state index contributed by atoms with van der Waals surface area (Å²) < 4.78 is 5.59. The summed E-state index contributed by atoms with van der Waals surface area (Å²) >= 11 is 5.60. The number of rotatable bonds is 6. The average Bonchev–Trinajstić information content (AvgIpc) is 2.40. The molecule has 3 nitrogen and oxygen atoms in total. The summed E-state index contributed by atoms with van der Waals surface area (Å²) in [4.78, 5) is 14.9. The molecule has 2 rings (SSSR count). The van der Waals surface area contributed by atoms with Gasteiger partial charge in [-0.1, -0.05) is 0 Å². The molecular weight excluding hydrogens is 250 g/mol. The van der Waals surface area contributed by atoms with Crippen LogP contribution in [0.25, 0.3) is 10.9 Å². The third-order valence-corrected chi connectivity index (χ3v) is 2.92. The number of ether oxygens (including phenoxy) is 1. The number of alkyl halides is 1. The minimum absolute atomic E-state index is 0.393. The molecule has 0 amide bonds. The standard InChI is InChI=1S/C14H14ClNO2/c15-6-1-9-18-12-2-3-14-13(10-12)11(5-8-17)4-7-16-14/h2-4,7-8,10H,1,5-6,9H2. The Morgan fingerprint density at radius 3 is 3.00 bits per heavy atom. The molecule has 0 aliphatic heterocycles. The summed E-state index contributed by atoms with van der Waals surface area (Å²) in [5, 5.41) is 0.966. The van der Waals surface area contributed by atoms with Crippen LogP contribution < -0.4 is 4.74 Å². The van der Waals surface area contributed by atoms with Crippen molar-refractivity contribution in [1.29, 1.82) is 0 Å². The highest BCUT2D eigenvalue weighted by Crippen LogP contribution is 2.22. The van der Waals surface area contributed by atoms with E-state index in [1.165, 1.54) is 0 Å². The number of benzene rings is 1. The van der Waals surface area contributed by atoms with Gasteiger partial charge in [0.05, 0.1) is 12.1 Å². The molecule has 0 bridgehead atoms. The molecule has 1 aromatic heterocycles. The molecule has 18 heavy (non-hydrogen) atoms. The summed E-state index contributed by atoms with van der Waals surface area (Å²) in [7, 11) is 0. The van der Waals surface area contributed by atoms with E-state index >= 15 is 0 Å². The second kappa shape index (κ2) is 6.36. The van der Waals surface area contributed by atoms with Gasteiger partial charge in [0.1, 0.15) is 12.0 Å². The number of halogens is 1. The Morgan fingerprint density at radius 2 is 2.22 bits per heavy atom. The van der Waals surface area contributed by atoms with Gasteiger partial charge in [-0.15, -0.1) is 11.6 Å². The number of aldehydes is 1. The SMILES string of the molecule is O=CCc1ccnc2ccc(OCCCCl)cc12. The monoisotopic (exact) mass is 263 g/mol. The van der Waals surface area contributed by atoms with Crippen LogP contribution in [-0.4, -0.2) is 23.8 Å². The van der Waals surface area contributed by atoms with E-state index < -0.39 is 0 Å².